The predicted octanol–water partition coefficient (Wildman–Crippen LogP) is 2.93. The highest BCUT2D eigenvalue weighted by Gasteiger charge is 2.13. The summed E-state index contributed by atoms with van der Waals surface area (Å²) in [6.45, 7) is 6.16. The largest absolute Gasteiger partial charge is 0.393 e. The molecule has 0 unspecified atom stereocenters. The van der Waals surface area contributed by atoms with Crippen molar-refractivity contribution in [3.63, 3.8) is 0 Å². The zero-order chi connectivity index (χ0) is 14.6. The second-order valence-corrected chi connectivity index (χ2v) is 6.42. The van der Waals surface area contributed by atoms with Gasteiger partial charge in [-0.2, -0.15) is 0 Å². The number of nitrogen functional groups attached to an aromatic ring is 1. The van der Waals surface area contributed by atoms with Crippen molar-refractivity contribution in [1.29, 1.82) is 0 Å². The molecule has 0 saturated heterocycles. The average molecular weight is 289 g/mol. The lowest BCUT2D eigenvalue weighted by Crippen LogP contribution is -2.40. The molecule has 1 aromatic heterocycles. The summed E-state index contributed by atoms with van der Waals surface area (Å²) in [6, 6.07) is 9.99. The monoisotopic (exact) mass is 289 g/mol. The Morgan fingerprint density at radius 3 is 2.45 bits per heavy atom. The molecule has 4 N–H and O–H groups in total. The van der Waals surface area contributed by atoms with E-state index in [1.165, 1.54) is 18.1 Å². The van der Waals surface area contributed by atoms with Gasteiger partial charge in [0, 0.05) is 10.4 Å². The Labute approximate surface area is 123 Å². The Morgan fingerprint density at radius 1 is 1.10 bits per heavy atom. The molecular weight excluding hydrogens is 270 g/mol. The van der Waals surface area contributed by atoms with Crippen molar-refractivity contribution >= 4 is 23.3 Å². The molecule has 0 aliphatic carbocycles. The first-order chi connectivity index (χ1) is 9.46. The quantitative estimate of drug-likeness (QED) is 0.593. The topological polar surface area (TPSA) is 75.9 Å². The van der Waals surface area contributed by atoms with E-state index in [1.807, 2.05) is 30.3 Å². The van der Waals surface area contributed by atoms with E-state index in [4.69, 9.17) is 5.73 Å². The lowest BCUT2D eigenvalue weighted by molar-refractivity contribution is 0.464. The van der Waals surface area contributed by atoms with Crippen LogP contribution in [0.4, 0.5) is 11.5 Å². The summed E-state index contributed by atoms with van der Waals surface area (Å²) in [6.07, 6.45) is 1.51. The molecule has 0 amide bonds. The van der Waals surface area contributed by atoms with Gasteiger partial charge in [-0.1, -0.05) is 30.0 Å². The number of hydrogen-bond donors (Lipinski definition) is 3. The molecule has 1 aromatic carbocycles. The highest BCUT2D eigenvalue weighted by atomic mass is 32.2. The van der Waals surface area contributed by atoms with Crippen molar-refractivity contribution in [2.45, 2.75) is 36.2 Å². The number of nitrogens with one attached hydrogen (secondary N) is 2. The standard InChI is InChI=1S/C14H19N5S/c1-14(2,3)19-18-12-11(15)13(17-9-16-12)20-10-7-5-4-6-8-10/h4-9,19H,15H2,1-3H3,(H,16,17,18). The number of nitrogens with two attached hydrogens (primary N) is 1. The molecule has 0 aliphatic heterocycles. The molecule has 2 aromatic rings. The molecule has 20 heavy (non-hydrogen) atoms. The van der Waals surface area contributed by atoms with Crippen LogP contribution in [0.1, 0.15) is 20.8 Å². The van der Waals surface area contributed by atoms with E-state index in [2.05, 4.69) is 41.6 Å². The molecule has 0 radical (unpaired) electrons. The normalized spacial score (nSPS) is 11.3. The smallest absolute Gasteiger partial charge is 0.168 e. The maximum Gasteiger partial charge on any atom is 0.168 e. The van der Waals surface area contributed by atoms with Crippen molar-refractivity contribution in [2.24, 2.45) is 0 Å². The fourth-order valence-electron chi connectivity index (χ4n) is 1.41. The highest BCUT2D eigenvalue weighted by molar-refractivity contribution is 7.99. The fraction of sp³-hybridized carbons (Fsp3) is 0.286. The number of aromatic nitrogens is 2. The first-order valence-electron chi connectivity index (χ1n) is 6.32. The minimum absolute atomic E-state index is 0.0792. The van der Waals surface area contributed by atoms with Gasteiger partial charge in [-0.15, -0.1) is 0 Å². The van der Waals surface area contributed by atoms with E-state index in [1.54, 1.807) is 0 Å². The van der Waals surface area contributed by atoms with Crippen LogP contribution in [0.5, 0.6) is 0 Å². The maximum absolute atomic E-state index is 6.11. The van der Waals surface area contributed by atoms with E-state index >= 15 is 0 Å². The van der Waals surface area contributed by atoms with Crippen molar-refractivity contribution in [3.05, 3.63) is 36.7 Å². The van der Waals surface area contributed by atoms with Crippen LogP contribution >= 0.6 is 11.8 Å². The van der Waals surface area contributed by atoms with Crippen LogP contribution < -0.4 is 16.6 Å². The predicted molar refractivity (Wildman–Crippen MR) is 83.5 cm³/mol. The first kappa shape index (κ1) is 14.6. The summed E-state index contributed by atoms with van der Waals surface area (Å²) in [5, 5.41) is 0.740. The molecule has 1 heterocycles. The fourth-order valence-corrected chi connectivity index (χ4v) is 2.23. The van der Waals surface area contributed by atoms with Gasteiger partial charge < -0.3 is 11.2 Å². The Bertz CT molecular complexity index is 566. The zero-order valence-corrected chi connectivity index (χ0v) is 12.7. The number of hydrazine groups is 1. The average Bonchev–Trinajstić information content (AvgIpc) is 2.40. The van der Waals surface area contributed by atoms with E-state index < -0.39 is 0 Å². The Kier molecular flexibility index (Phi) is 4.46. The summed E-state index contributed by atoms with van der Waals surface area (Å²) in [7, 11) is 0. The number of rotatable bonds is 4. The van der Waals surface area contributed by atoms with Crippen molar-refractivity contribution in [1.82, 2.24) is 15.4 Å². The van der Waals surface area contributed by atoms with Crippen molar-refractivity contribution in [2.75, 3.05) is 11.2 Å². The molecule has 0 bridgehead atoms. The van der Waals surface area contributed by atoms with Gasteiger partial charge in [0.1, 0.15) is 17.0 Å². The molecule has 5 nitrogen and oxygen atoms in total. The molecule has 0 spiro atoms. The Balaban J connectivity index is 2.15. The van der Waals surface area contributed by atoms with Gasteiger partial charge in [0.25, 0.3) is 0 Å². The van der Waals surface area contributed by atoms with Gasteiger partial charge in [0.05, 0.1) is 0 Å². The molecule has 0 aliphatic rings. The molecule has 2 rings (SSSR count). The van der Waals surface area contributed by atoms with Gasteiger partial charge in [-0.25, -0.2) is 15.4 Å². The number of benzene rings is 1. The minimum atomic E-state index is -0.0792. The Hall–Kier alpha value is -1.79. The number of hydrogen-bond acceptors (Lipinski definition) is 6. The van der Waals surface area contributed by atoms with Crippen molar-refractivity contribution in [3.8, 4) is 0 Å². The third-order valence-electron chi connectivity index (χ3n) is 2.36. The summed E-state index contributed by atoms with van der Waals surface area (Å²) >= 11 is 1.52. The van der Waals surface area contributed by atoms with E-state index in [9.17, 15) is 0 Å². The number of nitrogens with zero attached hydrogens (tertiary/aromatic N) is 2. The van der Waals surface area contributed by atoms with Gasteiger partial charge in [-0.3, -0.25) is 0 Å². The number of anilines is 2. The van der Waals surface area contributed by atoms with E-state index in [0.29, 0.717) is 11.5 Å². The van der Waals surface area contributed by atoms with Crippen LogP contribution in [0.25, 0.3) is 0 Å². The zero-order valence-electron chi connectivity index (χ0n) is 11.8. The lowest BCUT2D eigenvalue weighted by Gasteiger charge is -2.22. The second-order valence-electron chi connectivity index (χ2n) is 5.36. The summed E-state index contributed by atoms with van der Waals surface area (Å²) in [5.41, 5.74) is 12.8. The van der Waals surface area contributed by atoms with Crippen LogP contribution in [-0.4, -0.2) is 15.5 Å². The van der Waals surface area contributed by atoms with E-state index in [0.717, 1.165) is 9.92 Å². The van der Waals surface area contributed by atoms with Crippen LogP contribution in [0.15, 0.2) is 46.6 Å². The van der Waals surface area contributed by atoms with Gasteiger partial charge in [-0.05, 0) is 32.9 Å². The summed E-state index contributed by atoms with van der Waals surface area (Å²) in [5.74, 6) is 0.591. The minimum Gasteiger partial charge on any atom is -0.393 e. The van der Waals surface area contributed by atoms with Gasteiger partial charge in [0.2, 0.25) is 0 Å². The van der Waals surface area contributed by atoms with Crippen LogP contribution in [-0.2, 0) is 0 Å². The second kappa shape index (κ2) is 6.11. The van der Waals surface area contributed by atoms with Crippen LogP contribution in [0.3, 0.4) is 0 Å². The van der Waals surface area contributed by atoms with Gasteiger partial charge >= 0.3 is 0 Å². The molecule has 6 heteroatoms. The van der Waals surface area contributed by atoms with Crippen LogP contribution in [0, 0.1) is 0 Å². The molecule has 106 valence electrons. The molecule has 0 fully saturated rings. The summed E-state index contributed by atoms with van der Waals surface area (Å²) < 4.78 is 0. The summed E-state index contributed by atoms with van der Waals surface area (Å²) in [4.78, 5) is 9.49. The lowest BCUT2D eigenvalue weighted by atomic mass is 10.1. The SMILES string of the molecule is CC(C)(C)NNc1ncnc(Sc2ccccc2)c1N. The molecule has 0 saturated carbocycles. The third-order valence-corrected chi connectivity index (χ3v) is 3.39. The first-order valence-corrected chi connectivity index (χ1v) is 7.14. The molecular formula is C14H19N5S. The third kappa shape index (κ3) is 4.11. The Morgan fingerprint density at radius 2 is 1.80 bits per heavy atom. The molecule has 0 atom stereocenters. The maximum atomic E-state index is 6.11. The van der Waals surface area contributed by atoms with E-state index in [-0.39, 0.29) is 5.54 Å². The van der Waals surface area contributed by atoms with Crippen LogP contribution in [0.2, 0.25) is 0 Å². The highest BCUT2D eigenvalue weighted by Crippen LogP contribution is 2.32. The van der Waals surface area contributed by atoms with Gasteiger partial charge in [0.15, 0.2) is 5.82 Å². The van der Waals surface area contributed by atoms with Crippen molar-refractivity contribution < 1.29 is 0 Å².